The van der Waals surface area contributed by atoms with Gasteiger partial charge in [-0.25, -0.2) is 9.59 Å². The molecule has 0 saturated carbocycles. The highest BCUT2D eigenvalue weighted by atomic mass is 16.5. The summed E-state index contributed by atoms with van der Waals surface area (Å²) in [5.74, 6) is -1.24. The van der Waals surface area contributed by atoms with E-state index in [1.807, 2.05) is 6.92 Å². The lowest BCUT2D eigenvalue weighted by Crippen LogP contribution is -2.16. The summed E-state index contributed by atoms with van der Waals surface area (Å²) in [7, 11) is 0. The van der Waals surface area contributed by atoms with Gasteiger partial charge in [-0.1, -0.05) is 13.8 Å². The van der Waals surface area contributed by atoms with Gasteiger partial charge in [0.2, 0.25) is 0 Å². The number of esters is 2. The van der Waals surface area contributed by atoms with Crippen LogP contribution in [0.25, 0.3) is 0 Å². The summed E-state index contributed by atoms with van der Waals surface area (Å²) in [5, 5.41) is 9.11. The fourth-order valence-electron chi connectivity index (χ4n) is 0.731. The van der Waals surface area contributed by atoms with Crippen molar-refractivity contribution < 1.29 is 24.2 Å². The van der Waals surface area contributed by atoms with Crippen molar-refractivity contribution in [1.82, 2.24) is 0 Å². The highest BCUT2D eigenvalue weighted by Crippen LogP contribution is 1.92. The monoisotopic (exact) mass is 230 g/mol. The maximum Gasteiger partial charge on any atom is 0.331 e. The van der Waals surface area contributed by atoms with Crippen LogP contribution in [0.5, 0.6) is 0 Å². The quantitative estimate of drug-likeness (QED) is 0.517. The van der Waals surface area contributed by atoms with Crippen LogP contribution >= 0.6 is 0 Å². The van der Waals surface area contributed by atoms with Crippen LogP contribution in [0.3, 0.4) is 0 Å². The predicted molar refractivity (Wildman–Crippen MR) is 57.6 cm³/mol. The van der Waals surface area contributed by atoms with Crippen molar-refractivity contribution >= 4 is 11.9 Å². The van der Waals surface area contributed by atoms with E-state index in [-0.39, 0.29) is 6.61 Å². The molecule has 0 saturated heterocycles. The summed E-state index contributed by atoms with van der Waals surface area (Å²) in [4.78, 5) is 21.9. The van der Waals surface area contributed by atoms with E-state index in [4.69, 9.17) is 9.84 Å². The fraction of sp³-hybridized carbons (Fsp3) is 0.636. The number of hydrogen-bond acceptors (Lipinski definition) is 5. The number of rotatable bonds is 7. The van der Waals surface area contributed by atoms with E-state index in [0.29, 0.717) is 13.0 Å². The highest BCUT2D eigenvalue weighted by Gasteiger charge is 2.04. The van der Waals surface area contributed by atoms with Gasteiger partial charge in [0.05, 0.1) is 12.7 Å². The maximum absolute atomic E-state index is 11.0. The average Bonchev–Trinajstić information content (AvgIpc) is 2.30. The lowest BCUT2D eigenvalue weighted by atomic mass is 10.3. The Morgan fingerprint density at radius 1 is 1.19 bits per heavy atom. The number of carbonyl (C=O) groups is 2. The summed E-state index contributed by atoms with van der Waals surface area (Å²) in [6.07, 6.45) is 2.57. The normalized spacial score (nSPS) is 12.4. The summed E-state index contributed by atoms with van der Waals surface area (Å²) >= 11 is 0. The van der Waals surface area contributed by atoms with E-state index in [0.717, 1.165) is 18.6 Å². The van der Waals surface area contributed by atoms with Gasteiger partial charge in [-0.3, -0.25) is 0 Å². The molecule has 0 heterocycles. The topological polar surface area (TPSA) is 72.8 Å². The molecule has 0 aromatic rings. The molecule has 0 aliphatic carbocycles. The zero-order valence-corrected chi connectivity index (χ0v) is 9.64. The smallest absolute Gasteiger partial charge is 0.331 e. The van der Waals surface area contributed by atoms with Crippen molar-refractivity contribution in [1.29, 1.82) is 0 Å². The van der Waals surface area contributed by atoms with Crippen molar-refractivity contribution in [2.24, 2.45) is 0 Å². The number of aliphatic hydroxyl groups is 1. The minimum atomic E-state index is -0.666. The Kier molecular flexibility index (Phi) is 8.15. The summed E-state index contributed by atoms with van der Waals surface area (Å²) in [5.41, 5.74) is 0. The molecule has 16 heavy (non-hydrogen) atoms. The van der Waals surface area contributed by atoms with Crippen molar-refractivity contribution in [2.45, 2.75) is 32.8 Å². The Labute approximate surface area is 95.0 Å². The third kappa shape index (κ3) is 7.99. The standard InChI is InChI=1S/C11H18O5/c1-3-7-15-10(13)5-6-11(14)16-8-9(12)4-2/h5-6,9,12H,3-4,7-8H2,1-2H3/b6-5-. The van der Waals surface area contributed by atoms with E-state index >= 15 is 0 Å². The van der Waals surface area contributed by atoms with Crippen LogP contribution in [0.2, 0.25) is 0 Å². The summed E-state index contributed by atoms with van der Waals surface area (Å²) in [6.45, 7) is 3.91. The third-order valence-electron chi connectivity index (χ3n) is 1.69. The number of ether oxygens (including phenoxy) is 2. The largest absolute Gasteiger partial charge is 0.463 e. The highest BCUT2D eigenvalue weighted by molar-refractivity contribution is 5.91. The second-order valence-electron chi connectivity index (χ2n) is 3.19. The summed E-state index contributed by atoms with van der Waals surface area (Å²) in [6, 6.07) is 0. The van der Waals surface area contributed by atoms with Gasteiger partial charge in [0.15, 0.2) is 0 Å². The van der Waals surface area contributed by atoms with Gasteiger partial charge in [-0.05, 0) is 12.8 Å². The fourth-order valence-corrected chi connectivity index (χ4v) is 0.731. The Bertz CT molecular complexity index is 247. The van der Waals surface area contributed by atoms with Crippen LogP contribution in [-0.2, 0) is 19.1 Å². The van der Waals surface area contributed by atoms with Crippen LogP contribution in [0.4, 0.5) is 0 Å². The zero-order chi connectivity index (χ0) is 12.4. The first-order valence-electron chi connectivity index (χ1n) is 5.29. The van der Waals surface area contributed by atoms with Crippen LogP contribution in [0.1, 0.15) is 26.7 Å². The molecule has 0 amide bonds. The Morgan fingerprint density at radius 2 is 1.75 bits per heavy atom. The molecule has 0 fully saturated rings. The van der Waals surface area contributed by atoms with E-state index in [2.05, 4.69) is 4.74 Å². The molecule has 5 nitrogen and oxygen atoms in total. The molecule has 0 aromatic carbocycles. The Balaban J connectivity index is 3.77. The van der Waals surface area contributed by atoms with E-state index < -0.39 is 18.0 Å². The molecular formula is C11H18O5. The lowest BCUT2D eigenvalue weighted by Gasteiger charge is -2.06. The molecule has 5 heteroatoms. The number of hydrogen-bond donors (Lipinski definition) is 1. The number of carbonyl (C=O) groups excluding carboxylic acids is 2. The molecular weight excluding hydrogens is 212 g/mol. The van der Waals surface area contributed by atoms with Gasteiger partial charge >= 0.3 is 11.9 Å². The first-order valence-corrected chi connectivity index (χ1v) is 5.29. The van der Waals surface area contributed by atoms with Crippen molar-refractivity contribution in [3.63, 3.8) is 0 Å². The van der Waals surface area contributed by atoms with E-state index in [1.54, 1.807) is 6.92 Å². The molecule has 1 unspecified atom stereocenters. The Morgan fingerprint density at radius 3 is 2.25 bits per heavy atom. The van der Waals surface area contributed by atoms with Crippen molar-refractivity contribution in [3.8, 4) is 0 Å². The maximum atomic E-state index is 11.0. The SMILES string of the molecule is CCCOC(=O)/C=C\C(=O)OCC(O)CC. The molecule has 1 N–H and O–H groups in total. The molecule has 0 rings (SSSR count). The minimum absolute atomic E-state index is 0.0658. The second-order valence-corrected chi connectivity index (χ2v) is 3.19. The molecule has 0 radical (unpaired) electrons. The van der Waals surface area contributed by atoms with Gasteiger partial charge in [0.25, 0.3) is 0 Å². The van der Waals surface area contributed by atoms with Crippen molar-refractivity contribution in [3.05, 3.63) is 12.2 Å². The van der Waals surface area contributed by atoms with Gasteiger partial charge in [-0.2, -0.15) is 0 Å². The number of aliphatic hydroxyl groups excluding tert-OH is 1. The van der Waals surface area contributed by atoms with Crippen LogP contribution < -0.4 is 0 Å². The van der Waals surface area contributed by atoms with Crippen LogP contribution in [-0.4, -0.2) is 36.4 Å². The average molecular weight is 230 g/mol. The van der Waals surface area contributed by atoms with Gasteiger partial charge in [-0.15, -0.1) is 0 Å². The van der Waals surface area contributed by atoms with Gasteiger partial charge < -0.3 is 14.6 Å². The third-order valence-corrected chi connectivity index (χ3v) is 1.69. The lowest BCUT2D eigenvalue weighted by molar-refractivity contribution is -0.142. The molecule has 1 atom stereocenters. The first-order chi connectivity index (χ1) is 7.60. The predicted octanol–water partition coefficient (Wildman–Crippen LogP) is 0.810. The first kappa shape index (κ1) is 14.6. The van der Waals surface area contributed by atoms with E-state index in [1.165, 1.54) is 0 Å². The van der Waals surface area contributed by atoms with Gasteiger partial charge in [0, 0.05) is 12.2 Å². The van der Waals surface area contributed by atoms with Crippen molar-refractivity contribution in [2.75, 3.05) is 13.2 Å². The van der Waals surface area contributed by atoms with E-state index in [9.17, 15) is 9.59 Å². The zero-order valence-electron chi connectivity index (χ0n) is 9.64. The molecule has 0 bridgehead atoms. The molecule has 0 spiro atoms. The minimum Gasteiger partial charge on any atom is -0.463 e. The van der Waals surface area contributed by atoms with Gasteiger partial charge in [0.1, 0.15) is 6.61 Å². The summed E-state index contributed by atoms with van der Waals surface area (Å²) < 4.78 is 9.37. The molecule has 0 aliphatic heterocycles. The molecule has 0 aromatic heterocycles. The second kappa shape index (κ2) is 8.91. The van der Waals surface area contributed by atoms with Crippen LogP contribution in [0, 0.1) is 0 Å². The Hall–Kier alpha value is -1.36. The van der Waals surface area contributed by atoms with Crippen LogP contribution in [0.15, 0.2) is 12.2 Å². The molecule has 0 aliphatic rings. The molecule has 92 valence electrons.